The van der Waals surface area contributed by atoms with E-state index < -0.39 is 0 Å². The van der Waals surface area contributed by atoms with Gasteiger partial charge in [-0.2, -0.15) is 0 Å². The summed E-state index contributed by atoms with van der Waals surface area (Å²) in [6, 6.07) is 6.80. The lowest BCUT2D eigenvalue weighted by Gasteiger charge is -2.16. The van der Waals surface area contributed by atoms with Gasteiger partial charge in [0.05, 0.1) is 0 Å². The van der Waals surface area contributed by atoms with Gasteiger partial charge in [-0.25, -0.2) is 0 Å². The second-order valence-corrected chi connectivity index (χ2v) is 6.26. The average Bonchev–Trinajstić information content (AvgIpc) is 3.00. The Morgan fingerprint density at radius 3 is 2.41 bits per heavy atom. The molecule has 0 aliphatic heterocycles. The Morgan fingerprint density at radius 1 is 1.29 bits per heavy atom. The van der Waals surface area contributed by atoms with E-state index in [9.17, 15) is 0 Å². The zero-order chi connectivity index (χ0) is 12.5. The average molecular weight is 296 g/mol. The second-order valence-electron chi connectivity index (χ2n) is 5.41. The van der Waals surface area contributed by atoms with Crippen LogP contribution in [0.3, 0.4) is 0 Å². The lowest BCUT2D eigenvalue weighted by atomic mass is 9.92. The molecule has 2 N–H and O–H groups in total. The first kappa shape index (κ1) is 13.1. The van der Waals surface area contributed by atoms with Crippen LogP contribution in [0.5, 0.6) is 0 Å². The summed E-state index contributed by atoms with van der Waals surface area (Å²) in [5.74, 6) is 0.672. The van der Waals surface area contributed by atoms with E-state index in [1.54, 1.807) is 0 Å². The summed E-state index contributed by atoms with van der Waals surface area (Å²) >= 11 is 3.72. The Balaban J connectivity index is 2.16. The van der Waals surface area contributed by atoms with Crippen molar-refractivity contribution in [3.8, 4) is 0 Å². The normalized spacial score (nSPS) is 17.5. The van der Waals surface area contributed by atoms with Crippen molar-refractivity contribution >= 4 is 15.9 Å². The van der Waals surface area contributed by atoms with Crippen LogP contribution in [0, 0.1) is 0 Å². The maximum Gasteiger partial charge on any atom is 0.0212 e. The summed E-state index contributed by atoms with van der Waals surface area (Å²) in [6.45, 7) is 4.52. The third kappa shape index (κ3) is 3.11. The highest BCUT2D eigenvalue weighted by Gasteiger charge is 2.37. The van der Waals surface area contributed by atoms with Gasteiger partial charge in [-0.05, 0) is 55.2 Å². The van der Waals surface area contributed by atoms with Gasteiger partial charge in [0.15, 0.2) is 0 Å². The molecule has 2 heteroatoms. The van der Waals surface area contributed by atoms with Gasteiger partial charge in [0.1, 0.15) is 0 Å². The molecule has 94 valence electrons. The van der Waals surface area contributed by atoms with Crippen LogP contribution in [-0.2, 0) is 6.42 Å². The van der Waals surface area contributed by atoms with E-state index in [0.29, 0.717) is 5.92 Å². The summed E-state index contributed by atoms with van der Waals surface area (Å²) in [7, 11) is 0. The van der Waals surface area contributed by atoms with Gasteiger partial charge < -0.3 is 5.73 Å². The molecule has 1 aliphatic carbocycles. The van der Waals surface area contributed by atoms with Gasteiger partial charge in [0.2, 0.25) is 0 Å². The summed E-state index contributed by atoms with van der Waals surface area (Å²) < 4.78 is 1.26. The minimum Gasteiger partial charge on any atom is -0.325 e. The fourth-order valence-corrected chi connectivity index (χ4v) is 3.23. The summed E-state index contributed by atoms with van der Waals surface area (Å²) in [5, 5.41) is 0. The van der Waals surface area contributed by atoms with E-state index in [2.05, 4.69) is 48.0 Å². The van der Waals surface area contributed by atoms with E-state index in [-0.39, 0.29) is 5.54 Å². The Hall–Kier alpha value is -0.340. The van der Waals surface area contributed by atoms with E-state index in [1.807, 2.05) is 0 Å². The van der Waals surface area contributed by atoms with Gasteiger partial charge in [0.25, 0.3) is 0 Å². The highest BCUT2D eigenvalue weighted by atomic mass is 79.9. The standard InChI is InChI=1S/C15H22BrN/c1-3-12(4-2)13-6-5-11(9-14(13)16)10-15(17)7-8-15/h5-6,9,12H,3-4,7-8,10,17H2,1-2H3. The molecule has 0 saturated heterocycles. The molecule has 1 saturated carbocycles. The molecule has 0 spiro atoms. The largest absolute Gasteiger partial charge is 0.325 e. The molecule has 1 nitrogen and oxygen atoms in total. The lowest BCUT2D eigenvalue weighted by Crippen LogP contribution is -2.24. The molecule has 0 aromatic heterocycles. The van der Waals surface area contributed by atoms with Crippen LogP contribution in [0.25, 0.3) is 0 Å². The first-order valence-electron chi connectivity index (χ1n) is 6.65. The van der Waals surface area contributed by atoms with Crippen LogP contribution >= 0.6 is 15.9 Å². The summed E-state index contributed by atoms with van der Waals surface area (Å²) in [4.78, 5) is 0. The highest BCUT2D eigenvalue weighted by Crippen LogP contribution is 2.37. The van der Waals surface area contributed by atoms with Crippen molar-refractivity contribution in [2.45, 2.75) is 57.4 Å². The lowest BCUT2D eigenvalue weighted by molar-refractivity contribution is 0.637. The Bertz CT molecular complexity index is 392. The number of nitrogens with two attached hydrogens (primary N) is 1. The van der Waals surface area contributed by atoms with Crippen molar-refractivity contribution in [1.29, 1.82) is 0 Å². The van der Waals surface area contributed by atoms with Crippen LogP contribution < -0.4 is 5.73 Å². The quantitative estimate of drug-likeness (QED) is 0.857. The van der Waals surface area contributed by atoms with Crippen LogP contribution in [0.1, 0.15) is 56.6 Å². The van der Waals surface area contributed by atoms with Gasteiger partial charge >= 0.3 is 0 Å². The van der Waals surface area contributed by atoms with Crippen molar-refractivity contribution < 1.29 is 0 Å². The molecule has 0 radical (unpaired) electrons. The number of rotatable bonds is 5. The van der Waals surface area contributed by atoms with Crippen LogP contribution in [0.2, 0.25) is 0 Å². The third-order valence-electron chi connectivity index (χ3n) is 3.94. The maximum atomic E-state index is 6.16. The van der Waals surface area contributed by atoms with E-state index in [0.717, 1.165) is 6.42 Å². The molecular weight excluding hydrogens is 274 g/mol. The predicted octanol–water partition coefficient (Wildman–Crippen LogP) is 4.39. The number of benzene rings is 1. The zero-order valence-electron chi connectivity index (χ0n) is 10.8. The monoisotopic (exact) mass is 295 g/mol. The first-order valence-corrected chi connectivity index (χ1v) is 7.44. The van der Waals surface area contributed by atoms with Crippen molar-refractivity contribution in [3.63, 3.8) is 0 Å². The second kappa shape index (κ2) is 5.11. The first-order chi connectivity index (χ1) is 8.08. The fraction of sp³-hybridized carbons (Fsp3) is 0.600. The molecule has 0 unspecified atom stereocenters. The SMILES string of the molecule is CCC(CC)c1ccc(CC2(N)CC2)cc1Br. The van der Waals surface area contributed by atoms with E-state index >= 15 is 0 Å². The number of hydrogen-bond donors (Lipinski definition) is 1. The number of hydrogen-bond acceptors (Lipinski definition) is 1. The zero-order valence-corrected chi connectivity index (χ0v) is 12.4. The molecule has 0 bridgehead atoms. The molecule has 1 aromatic rings. The third-order valence-corrected chi connectivity index (χ3v) is 4.63. The van der Waals surface area contributed by atoms with Gasteiger partial charge in [-0.1, -0.05) is 41.9 Å². The van der Waals surface area contributed by atoms with Crippen LogP contribution in [-0.4, -0.2) is 5.54 Å². The van der Waals surface area contributed by atoms with Crippen LogP contribution in [0.15, 0.2) is 22.7 Å². The highest BCUT2D eigenvalue weighted by molar-refractivity contribution is 9.10. The Labute approximate surface area is 113 Å². The molecule has 0 heterocycles. The molecule has 17 heavy (non-hydrogen) atoms. The maximum absolute atomic E-state index is 6.16. The minimum absolute atomic E-state index is 0.107. The van der Waals surface area contributed by atoms with Gasteiger partial charge in [-0.15, -0.1) is 0 Å². The Kier molecular flexibility index (Phi) is 3.94. The van der Waals surface area contributed by atoms with Crippen molar-refractivity contribution in [2.75, 3.05) is 0 Å². The molecule has 0 atom stereocenters. The molecule has 1 aromatic carbocycles. The predicted molar refractivity (Wildman–Crippen MR) is 77.3 cm³/mol. The number of halogens is 1. The van der Waals surface area contributed by atoms with Crippen molar-refractivity contribution in [2.24, 2.45) is 5.73 Å². The van der Waals surface area contributed by atoms with E-state index in [1.165, 1.54) is 41.3 Å². The van der Waals surface area contributed by atoms with E-state index in [4.69, 9.17) is 5.73 Å². The molecule has 0 amide bonds. The summed E-state index contributed by atoms with van der Waals surface area (Å²) in [5.41, 5.74) is 9.08. The smallest absolute Gasteiger partial charge is 0.0212 e. The topological polar surface area (TPSA) is 26.0 Å². The molecular formula is C15H22BrN. The molecule has 2 rings (SSSR count). The fourth-order valence-electron chi connectivity index (χ4n) is 2.48. The Morgan fingerprint density at radius 2 is 1.94 bits per heavy atom. The van der Waals surface area contributed by atoms with Gasteiger partial charge in [-0.3, -0.25) is 0 Å². The minimum atomic E-state index is 0.107. The molecule has 1 aliphatic rings. The van der Waals surface area contributed by atoms with Crippen molar-refractivity contribution in [3.05, 3.63) is 33.8 Å². The van der Waals surface area contributed by atoms with Crippen LogP contribution in [0.4, 0.5) is 0 Å². The molecule has 1 fully saturated rings. The van der Waals surface area contributed by atoms with Crippen molar-refractivity contribution in [1.82, 2.24) is 0 Å². The summed E-state index contributed by atoms with van der Waals surface area (Å²) in [6.07, 6.45) is 5.79. The van der Waals surface area contributed by atoms with Gasteiger partial charge in [0, 0.05) is 10.0 Å².